The van der Waals surface area contributed by atoms with Crippen molar-refractivity contribution in [2.45, 2.75) is 39.2 Å². The molecule has 126 valence electrons. The van der Waals surface area contributed by atoms with Gasteiger partial charge in [-0.25, -0.2) is 0 Å². The van der Waals surface area contributed by atoms with Crippen molar-refractivity contribution in [2.75, 3.05) is 6.61 Å². The van der Waals surface area contributed by atoms with Crippen LogP contribution in [0.5, 0.6) is 0 Å². The summed E-state index contributed by atoms with van der Waals surface area (Å²) in [6.07, 6.45) is 1.18. The summed E-state index contributed by atoms with van der Waals surface area (Å²) in [7, 11) is 0. The van der Waals surface area contributed by atoms with Crippen LogP contribution in [0.2, 0.25) is 0 Å². The molecule has 0 aliphatic heterocycles. The number of rotatable bonds is 9. The second-order valence-corrected chi connectivity index (χ2v) is 4.78. The summed E-state index contributed by atoms with van der Waals surface area (Å²) in [6, 6.07) is 3.27. The topological polar surface area (TPSA) is 95.7 Å². The molecule has 8 heteroatoms. The summed E-state index contributed by atoms with van der Waals surface area (Å²) in [5, 5.41) is 10.6. The van der Waals surface area contributed by atoms with Gasteiger partial charge in [0.25, 0.3) is 0 Å². The molecule has 0 atom stereocenters. The minimum absolute atomic E-state index is 0.0323. The maximum absolute atomic E-state index is 13.2. The third kappa shape index (κ3) is 6.86. The standard InChI is InChI=1S/C15H18FNO6/c1-2-8-22-14(18)4-3-5-15(19)23-10-11-6-7-12(16)13(9-11)17(20)21/h6-7,9H,2-5,8,10H2,1H3. The van der Waals surface area contributed by atoms with E-state index < -0.39 is 22.4 Å². The van der Waals surface area contributed by atoms with Crippen molar-refractivity contribution < 1.29 is 28.4 Å². The van der Waals surface area contributed by atoms with Crippen molar-refractivity contribution in [1.82, 2.24) is 0 Å². The monoisotopic (exact) mass is 327 g/mol. The largest absolute Gasteiger partial charge is 0.466 e. The zero-order chi connectivity index (χ0) is 17.2. The zero-order valence-corrected chi connectivity index (χ0v) is 12.7. The molecule has 0 spiro atoms. The van der Waals surface area contributed by atoms with Crippen molar-refractivity contribution in [3.05, 3.63) is 39.7 Å². The van der Waals surface area contributed by atoms with Gasteiger partial charge in [0.2, 0.25) is 5.82 Å². The van der Waals surface area contributed by atoms with Gasteiger partial charge in [0, 0.05) is 18.9 Å². The number of nitrogens with zero attached hydrogens (tertiary/aromatic N) is 1. The summed E-state index contributed by atoms with van der Waals surface area (Å²) in [4.78, 5) is 32.5. The lowest BCUT2D eigenvalue weighted by molar-refractivity contribution is -0.387. The minimum Gasteiger partial charge on any atom is -0.466 e. The highest BCUT2D eigenvalue weighted by Gasteiger charge is 2.15. The predicted molar refractivity (Wildman–Crippen MR) is 78.0 cm³/mol. The molecule has 23 heavy (non-hydrogen) atoms. The average molecular weight is 327 g/mol. The molecule has 0 N–H and O–H groups in total. The van der Waals surface area contributed by atoms with Crippen LogP contribution in [0.1, 0.15) is 38.2 Å². The van der Waals surface area contributed by atoms with Crippen molar-refractivity contribution in [2.24, 2.45) is 0 Å². The van der Waals surface area contributed by atoms with E-state index in [1.54, 1.807) is 0 Å². The van der Waals surface area contributed by atoms with Crippen molar-refractivity contribution in [3.8, 4) is 0 Å². The van der Waals surface area contributed by atoms with Crippen molar-refractivity contribution >= 4 is 17.6 Å². The molecule has 0 aliphatic carbocycles. The molecule has 0 amide bonds. The highest BCUT2D eigenvalue weighted by atomic mass is 19.1. The minimum atomic E-state index is -0.948. The smallest absolute Gasteiger partial charge is 0.306 e. The summed E-state index contributed by atoms with van der Waals surface area (Å²) < 4.78 is 22.9. The number of hydrogen-bond acceptors (Lipinski definition) is 6. The molecule has 0 heterocycles. The molecule has 0 saturated heterocycles. The number of hydrogen-bond donors (Lipinski definition) is 0. The van der Waals surface area contributed by atoms with Crippen LogP contribution >= 0.6 is 0 Å². The molecule has 1 rings (SSSR count). The Morgan fingerprint density at radius 3 is 2.48 bits per heavy atom. The fourth-order valence-electron chi connectivity index (χ4n) is 1.69. The predicted octanol–water partition coefficient (Wildman–Crippen LogP) is 2.90. The Balaban J connectivity index is 2.35. The molecule has 0 radical (unpaired) electrons. The summed E-state index contributed by atoms with van der Waals surface area (Å²) in [6.45, 7) is 2.04. The maximum Gasteiger partial charge on any atom is 0.306 e. The first-order chi connectivity index (χ1) is 10.9. The quantitative estimate of drug-likeness (QED) is 0.393. The molecule has 0 fully saturated rings. The van der Waals surface area contributed by atoms with Gasteiger partial charge >= 0.3 is 17.6 Å². The van der Waals surface area contributed by atoms with Gasteiger partial charge in [-0.15, -0.1) is 0 Å². The summed E-state index contributed by atoms with van der Waals surface area (Å²) in [5.41, 5.74) is -0.356. The average Bonchev–Trinajstić information content (AvgIpc) is 2.51. The second-order valence-electron chi connectivity index (χ2n) is 4.78. The highest BCUT2D eigenvalue weighted by molar-refractivity contribution is 5.72. The van der Waals surface area contributed by atoms with E-state index in [0.29, 0.717) is 18.6 Å². The molecule has 0 bridgehead atoms. The Kier molecular flexibility index (Phi) is 7.65. The van der Waals surface area contributed by atoms with Gasteiger partial charge in [-0.1, -0.05) is 13.0 Å². The first-order valence-electron chi connectivity index (χ1n) is 7.18. The number of carbonyl (C=O) groups is 2. The van der Waals surface area contributed by atoms with Crippen LogP contribution < -0.4 is 0 Å². The van der Waals surface area contributed by atoms with Crippen LogP contribution in [0.15, 0.2) is 18.2 Å². The molecule has 1 aromatic carbocycles. The Morgan fingerprint density at radius 1 is 1.22 bits per heavy atom. The second kappa shape index (κ2) is 9.50. The molecule has 0 aliphatic rings. The van der Waals surface area contributed by atoms with Gasteiger partial charge in [-0.05, 0) is 24.5 Å². The summed E-state index contributed by atoms with van der Waals surface area (Å²) >= 11 is 0. The number of carbonyl (C=O) groups excluding carboxylic acids is 2. The highest BCUT2D eigenvalue weighted by Crippen LogP contribution is 2.19. The van der Waals surface area contributed by atoms with Crippen LogP contribution in [0.3, 0.4) is 0 Å². The van der Waals surface area contributed by atoms with Crippen LogP contribution in [-0.4, -0.2) is 23.5 Å². The van der Waals surface area contributed by atoms with E-state index in [1.807, 2.05) is 6.92 Å². The van der Waals surface area contributed by atoms with Crippen molar-refractivity contribution in [1.29, 1.82) is 0 Å². The molecule has 7 nitrogen and oxygen atoms in total. The number of nitro benzene ring substituents is 1. The van der Waals surface area contributed by atoms with Crippen molar-refractivity contribution in [3.63, 3.8) is 0 Å². The Labute approximate surface area is 132 Å². The van der Waals surface area contributed by atoms with Gasteiger partial charge in [-0.2, -0.15) is 4.39 Å². The molecular formula is C15H18FNO6. The maximum atomic E-state index is 13.2. The Morgan fingerprint density at radius 2 is 1.87 bits per heavy atom. The molecule has 0 aromatic heterocycles. The van der Waals surface area contributed by atoms with Crippen LogP contribution in [-0.2, 0) is 25.7 Å². The van der Waals surface area contributed by atoms with Gasteiger partial charge < -0.3 is 9.47 Å². The van der Waals surface area contributed by atoms with E-state index in [9.17, 15) is 24.1 Å². The van der Waals surface area contributed by atoms with E-state index >= 15 is 0 Å². The Hall–Kier alpha value is -2.51. The van der Waals surface area contributed by atoms with Crippen LogP contribution in [0.25, 0.3) is 0 Å². The van der Waals surface area contributed by atoms with Gasteiger partial charge in [-0.3, -0.25) is 19.7 Å². The molecule has 1 aromatic rings. The number of esters is 2. The van der Waals surface area contributed by atoms with Crippen LogP contribution in [0, 0.1) is 15.9 Å². The van der Waals surface area contributed by atoms with E-state index in [4.69, 9.17) is 9.47 Å². The third-order valence-electron chi connectivity index (χ3n) is 2.84. The molecule has 0 saturated carbocycles. The first kappa shape index (κ1) is 18.5. The van der Waals surface area contributed by atoms with E-state index in [0.717, 1.165) is 18.6 Å². The Bertz CT molecular complexity index is 575. The lowest BCUT2D eigenvalue weighted by Crippen LogP contribution is -2.08. The van der Waals surface area contributed by atoms with Gasteiger partial charge in [0.05, 0.1) is 11.5 Å². The normalized spacial score (nSPS) is 10.2. The lowest BCUT2D eigenvalue weighted by Gasteiger charge is -2.05. The van der Waals surface area contributed by atoms with E-state index in [1.165, 1.54) is 6.07 Å². The SMILES string of the molecule is CCCOC(=O)CCCC(=O)OCc1ccc(F)c([N+](=O)[O-])c1. The number of nitro groups is 1. The number of halogens is 1. The summed E-state index contributed by atoms with van der Waals surface area (Å²) in [5.74, 6) is -1.86. The number of ether oxygens (including phenoxy) is 2. The lowest BCUT2D eigenvalue weighted by atomic mass is 10.2. The zero-order valence-electron chi connectivity index (χ0n) is 12.7. The van der Waals surface area contributed by atoms with Gasteiger partial charge in [0.15, 0.2) is 0 Å². The third-order valence-corrected chi connectivity index (χ3v) is 2.84. The fraction of sp³-hybridized carbons (Fsp3) is 0.467. The first-order valence-corrected chi connectivity index (χ1v) is 7.18. The fourth-order valence-corrected chi connectivity index (χ4v) is 1.69. The van der Waals surface area contributed by atoms with Crippen LogP contribution in [0.4, 0.5) is 10.1 Å². The molecular weight excluding hydrogens is 309 g/mol. The van der Waals surface area contributed by atoms with E-state index in [2.05, 4.69) is 0 Å². The number of benzene rings is 1. The van der Waals surface area contributed by atoms with Gasteiger partial charge in [0.1, 0.15) is 6.61 Å². The molecule has 0 unspecified atom stereocenters. The van der Waals surface area contributed by atoms with E-state index in [-0.39, 0.29) is 25.4 Å².